The number of nitrogens with zero attached hydrogens (tertiary/aromatic N) is 4. The molecule has 7 heteroatoms. The quantitative estimate of drug-likeness (QED) is 0.805. The Kier molecular flexibility index (Phi) is 5.38. The van der Waals surface area contributed by atoms with Gasteiger partial charge in [0.15, 0.2) is 0 Å². The van der Waals surface area contributed by atoms with Crippen molar-refractivity contribution in [2.75, 3.05) is 39.8 Å². The number of ether oxygens (including phenoxy) is 1. The van der Waals surface area contributed by atoms with Gasteiger partial charge in [-0.25, -0.2) is 0 Å². The molecule has 2 fully saturated rings. The molecule has 0 radical (unpaired) electrons. The zero-order chi connectivity index (χ0) is 18.6. The lowest BCUT2D eigenvalue weighted by Gasteiger charge is -2.28. The molecule has 144 valence electrons. The third-order valence-corrected chi connectivity index (χ3v) is 5.46. The molecule has 4 rings (SSSR count). The van der Waals surface area contributed by atoms with Crippen LogP contribution in [0.15, 0.2) is 28.8 Å². The molecule has 2 aromatic rings. The van der Waals surface area contributed by atoms with Gasteiger partial charge in [-0.05, 0) is 44.4 Å². The third-order valence-electron chi connectivity index (χ3n) is 5.46. The summed E-state index contributed by atoms with van der Waals surface area (Å²) in [7, 11) is 1.64. The maximum absolute atomic E-state index is 12.5. The number of piperidine rings is 1. The zero-order valence-corrected chi connectivity index (χ0v) is 15.8. The lowest BCUT2D eigenvalue weighted by Crippen LogP contribution is -2.42. The van der Waals surface area contributed by atoms with Gasteiger partial charge in [-0.3, -0.25) is 9.69 Å². The van der Waals surface area contributed by atoms with Crippen LogP contribution in [0, 0.1) is 0 Å². The number of hydrogen-bond donors (Lipinski definition) is 0. The molecule has 1 aromatic carbocycles. The van der Waals surface area contributed by atoms with Crippen molar-refractivity contribution >= 4 is 5.91 Å². The normalized spacial score (nSPS) is 20.8. The minimum absolute atomic E-state index is 0.186. The number of benzene rings is 1. The summed E-state index contributed by atoms with van der Waals surface area (Å²) in [5.41, 5.74) is 0.875. The summed E-state index contributed by atoms with van der Waals surface area (Å²) in [5, 5.41) is 4.13. The van der Waals surface area contributed by atoms with Crippen LogP contribution in [-0.2, 0) is 4.79 Å². The number of likely N-dealkylation sites (tertiary alicyclic amines) is 2. The third kappa shape index (κ3) is 4.13. The number of rotatable bonds is 5. The van der Waals surface area contributed by atoms with E-state index in [1.165, 1.54) is 6.42 Å². The SMILES string of the molecule is COc1cccc(-c2noc(C3CCN(CC(=O)N4CCCCC4)C3)n2)c1. The van der Waals surface area contributed by atoms with Crippen LogP contribution in [0.3, 0.4) is 0 Å². The molecule has 0 saturated carbocycles. The second-order valence-electron chi connectivity index (χ2n) is 7.35. The highest BCUT2D eigenvalue weighted by Crippen LogP contribution is 2.28. The van der Waals surface area contributed by atoms with Crippen molar-refractivity contribution in [3.05, 3.63) is 30.2 Å². The molecule has 7 nitrogen and oxygen atoms in total. The van der Waals surface area contributed by atoms with E-state index in [4.69, 9.17) is 9.26 Å². The monoisotopic (exact) mass is 370 g/mol. The first-order chi connectivity index (χ1) is 13.2. The molecular weight excluding hydrogens is 344 g/mol. The van der Waals surface area contributed by atoms with Crippen LogP contribution in [0.2, 0.25) is 0 Å². The maximum Gasteiger partial charge on any atom is 0.236 e. The highest BCUT2D eigenvalue weighted by molar-refractivity contribution is 5.78. The van der Waals surface area contributed by atoms with Crippen molar-refractivity contribution < 1.29 is 14.1 Å². The number of hydrogen-bond acceptors (Lipinski definition) is 6. The highest BCUT2D eigenvalue weighted by atomic mass is 16.5. The number of carbonyl (C=O) groups excluding carboxylic acids is 1. The minimum Gasteiger partial charge on any atom is -0.497 e. The van der Waals surface area contributed by atoms with Crippen molar-refractivity contribution in [2.24, 2.45) is 0 Å². The van der Waals surface area contributed by atoms with Gasteiger partial charge < -0.3 is 14.2 Å². The van der Waals surface area contributed by atoms with Gasteiger partial charge in [0.2, 0.25) is 17.6 Å². The smallest absolute Gasteiger partial charge is 0.236 e. The van der Waals surface area contributed by atoms with Crippen LogP contribution in [-0.4, -0.2) is 65.7 Å². The van der Waals surface area contributed by atoms with Crippen molar-refractivity contribution in [1.29, 1.82) is 0 Å². The zero-order valence-electron chi connectivity index (χ0n) is 15.8. The topological polar surface area (TPSA) is 71.7 Å². The molecule has 0 bridgehead atoms. The largest absolute Gasteiger partial charge is 0.497 e. The summed E-state index contributed by atoms with van der Waals surface area (Å²) < 4.78 is 10.8. The molecule has 0 N–H and O–H groups in total. The average molecular weight is 370 g/mol. The Morgan fingerprint density at radius 2 is 2.11 bits per heavy atom. The first kappa shape index (κ1) is 18.0. The molecule has 0 aliphatic carbocycles. The highest BCUT2D eigenvalue weighted by Gasteiger charge is 2.30. The fourth-order valence-corrected chi connectivity index (χ4v) is 3.89. The minimum atomic E-state index is 0.186. The molecule has 1 atom stereocenters. The molecular formula is C20H26N4O3. The van der Waals surface area contributed by atoms with E-state index in [0.29, 0.717) is 18.3 Å². The van der Waals surface area contributed by atoms with Crippen LogP contribution in [0.4, 0.5) is 0 Å². The second-order valence-corrected chi connectivity index (χ2v) is 7.35. The van der Waals surface area contributed by atoms with Gasteiger partial charge >= 0.3 is 0 Å². The Hall–Kier alpha value is -2.41. The molecule has 2 aliphatic heterocycles. The van der Waals surface area contributed by atoms with Crippen molar-refractivity contribution in [3.8, 4) is 17.1 Å². The molecule has 1 amide bonds. The second kappa shape index (κ2) is 8.08. The van der Waals surface area contributed by atoms with Crippen molar-refractivity contribution in [2.45, 2.75) is 31.6 Å². The number of aromatic nitrogens is 2. The Bertz CT molecular complexity index is 785. The predicted octanol–water partition coefficient (Wildman–Crippen LogP) is 2.55. The van der Waals surface area contributed by atoms with Gasteiger partial charge in [0.05, 0.1) is 19.6 Å². The van der Waals surface area contributed by atoms with E-state index in [1.54, 1.807) is 7.11 Å². The van der Waals surface area contributed by atoms with Crippen LogP contribution in [0.1, 0.15) is 37.5 Å². The summed E-state index contributed by atoms with van der Waals surface area (Å²) in [4.78, 5) is 21.3. The molecule has 1 unspecified atom stereocenters. The molecule has 27 heavy (non-hydrogen) atoms. The van der Waals surface area contributed by atoms with Crippen LogP contribution in [0.5, 0.6) is 5.75 Å². The van der Waals surface area contributed by atoms with E-state index in [-0.39, 0.29) is 11.8 Å². The van der Waals surface area contributed by atoms with Gasteiger partial charge in [-0.1, -0.05) is 17.3 Å². The van der Waals surface area contributed by atoms with Crippen molar-refractivity contribution in [1.82, 2.24) is 19.9 Å². The molecule has 1 aromatic heterocycles. The Balaban J connectivity index is 1.36. The number of amides is 1. The first-order valence-electron chi connectivity index (χ1n) is 9.71. The Morgan fingerprint density at radius 1 is 1.26 bits per heavy atom. The van der Waals surface area contributed by atoms with Gasteiger partial charge in [0.25, 0.3) is 0 Å². The fraction of sp³-hybridized carbons (Fsp3) is 0.550. The fourth-order valence-electron chi connectivity index (χ4n) is 3.89. The number of methoxy groups -OCH3 is 1. The van der Waals surface area contributed by atoms with Crippen LogP contribution >= 0.6 is 0 Å². The van der Waals surface area contributed by atoms with Gasteiger partial charge in [-0.2, -0.15) is 4.98 Å². The van der Waals surface area contributed by atoms with Gasteiger partial charge in [0, 0.05) is 25.2 Å². The lowest BCUT2D eigenvalue weighted by atomic mass is 10.1. The summed E-state index contributed by atoms with van der Waals surface area (Å²) >= 11 is 0. The Labute approximate surface area is 159 Å². The standard InChI is InChI=1S/C20H26N4O3/c1-26-17-7-5-6-15(12-17)19-21-20(27-22-19)16-8-11-23(13-16)14-18(25)24-9-3-2-4-10-24/h5-7,12,16H,2-4,8-11,13-14H2,1H3. The Morgan fingerprint density at radius 3 is 2.93 bits per heavy atom. The van der Waals surface area contributed by atoms with E-state index >= 15 is 0 Å². The molecule has 2 saturated heterocycles. The summed E-state index contributed by atoms with van der Waals surface area (Å²) in [6.07, 6.45) is 4.43. The van der Waals surface area contributed by atoms with Crippen molar-refractivity contribution in [3.63, 3.8) is 0 Å². The molecule has 0 spiro atoms. The van der Waals surface area contributed by atoms with Crippen LogP contribution < -0.4 is 4.74 Å². The van der Waals surface area contributed by atoms with E-state index in [2.05, 4.69) is 15.0 Å². The summed E-state index contributed by atoms with van der Waals surface area (Å²) in [5.74, 6) is 2.43. The molecule has 3 heterocycles. The lowest BCUT2D eigenvalue weighted by molar-refractivity contribution is -0.133. The van der Waals surface area contributed by atoms with Gasteiger partial charge in [-0.15, -0.1) is 0 Å². The predicted molar refractivity (Wildman–Crippen MR) is 101 cm³/mol. The van der Waals surface area contributed by atoms with E-state index in [9.17, 15) is 4.79 Å². The maximum atomic E-state index is 12.5. The summed E-state index contributed by atoms with van der Waals surface area (Å²) in [6, 6.07) is 7.63. The van der Waals surface area contributed by atoms with E-state index < -0.39 is 0 Å². The van der Waals surface area contributed by atoms with E-state index in [0.717, 1.165) is 56.8 Å². The van der Waals surface area contributed by atoms with Crippen LogP contribution in [0.25, 0.3) is 11.4 Å². The average Bonchev–Trinajstić information content (AvgIpc) is 3.38. The first-order valence-corrected chi connectivity index (χ1v) is 9.71. The molecule has 2 aliphatic rings. The number of carbonyl (C=O) groups is 1. The summed E-state index contributed by atoms with van der Waals surface area (Å²) in [6.45, 7) is 3.99. The van der Waals surface area contributed by atoms with E-state index in [1.807, 2.05) is 29.2 Å². The van der Waals surface area contributed by atoms with Gasteiger partial charge in [0.1, 0.15) is 5.75 Å².